The van der Waals surface area contributed by atoms with Crippen LogP contribution in [-0.2, 0) is 20.9 Å². The topological polar surface area (TPSA) is 84.6 Å². The van der Waals surface area contributed by atoms with E-state index < -0.39 is 14.5 Å². The van der Waals surface area contributed by atoms with Crippen LogP contribution in [0, 0.1) is 9.81 Å². The molecule has 2 heterocycles. The molecule has 0 bridgehead atoms. The molecule has 0 aromatic carbocycles. The molecule has 0 radical (unpaired) electrons. The van der Waals surface area contributed by atoms with Gasteiger partial charge in [0.25, 0.3) is 0 Å². The summed E-state index contributed by atoms with van der Waals surface area (Å²) in [6, 6.07) is 10.3. The molecular weight excluding hydrogens is 435 g/mol. The second-order valence-electron chi connectivity index (χ2n) is 5.07. The van der Waals surface area contributed by atoms with E-state index in [2.05, 4.69) is 50.3 Å². The summed E-state index contributed by atoms with van der Waals surface area (Å²) in [6.07, 6.45) is 2.95. The summed E-state index contributed by atoms with van der Waals surface area (Å²) in [5, 5.41) is 0. The van der Waals surface area contributed by atoms with Gasteiger partial charge in [-0.3, -0.25) is 9.97 Å². The van der Waals surface area contributed by atoms with Crippen LogP contribution in [0.25, 0.3) is 11.4 Å². The first kappa shape index (κ1) is 20.8. The number of rotatable bonds is 5. The molecule has 0 saturated heterocycles. The Morgan fingerprint density at radius 1 is 1.08 bits per heavy atom. The van der Waals surface area contributed by atoms with Crippen molar-refractivity contribution < 1.29 is 14.5 Å². The van der Waals surface area contributed by atoms with E-state index >= 15 is 0 Å². The summed E-state index contributed by atoms with van der Waals surface area (Å²) in [4.78, 5) is 27.8. The molecule has 0 spiro atoms. The van der Waals surface area contributed by atoms with Crippen molar-refractivity contribution in [3.63, 3.8) is 0 Å². The van der Waals surface area contributed by atoms with E-state index in [0.29, 0.717) is 5.92 Å². The molecule has 0 atom stereocenters. The van der Waals surface area contributed by atoms with Crippen LogP contribution in [0.15, 0.2) is 44.0 Å². The Hall–Kier alpha value is -1.23. The van der Waals surface area contributed by atoms with E-state index in [1.54, 1.807) is 0 Å². The number of hydrogen-bond donors (Lipinski definition) is 0. The first-order chi connectivity index (χ1) is 11.3. The molecule has 0 aliphatic carbocycles. The molecule has 24 heavy (non-hydrogen) atoms. The first-order valence-electron chi connectivity index (χ1n) is 7.17. The monoisotopic (exact) mass is 454 g/mol. The summed E-state index contributed by atoms with van der Waals surface area (Å²) in [5.41, 5.74) is 4.28. The van der Waals surface area contributed by atoms with Crippen LogP contribution in [0.4, 0.5) is 0 Å². The Morgan fingerprint density at radius 2 is 1.75 bits per heavy atom. The van der Waals surface area contributed by atoms with E-state index in [-0.39, 0.29) is 0 Å². The fraction of sp³-hybridized carbons (Fsp3) is 0.333. The number of hydrogen-bond acceptors (Lipinski definition) is 6. The normalized spacial score (nSPS) is 11.4. The second kappa shape index (κ2) is 9.92. The van der Waals surface area contributed by atoms with E-state index in [1.807, 2.05) is 24.4 Å². The third-order valence-corrected chi connectivity index (χ3v) is 5.25. The molecule has 0 amide bonds. The van der Waals surface area contributed by atoms with Crippen molar-refractivity contribution in [2.45, 2.75) is 33.1 Å². The third-order valence-electron chi connectivity index (χ3n) is 3.04. The Morgan fingerprint density at radius 3 is 2.17 bits per heavy atom. The van der Waals surface area contributed by atoms with E-state index in [9.17, 15) is 9.81 Å². The quantitative estimate of drug-likeness (QED) is 0.433. The third kappa shape index (κ3) is 6.71. The summed E-state index contributed by atoms with van der Waals surface area (Å²) in [6.45, 7) is 6.44. The zero-order valence-corrected chi connectivity index (χ0v) is 17.0. The SMILES string of the molecule is CCc1ccc(-c2cccc(C(C)C)n2)nc1.O=[N][Mo]([Cl])([Cl])[N]=O. The van der Waals surface area contributed by atoms with Gasteiger partial charge in [-0.1, -0.05) is 32.9 Å². The molecule has 6 nitrogen and oxygen atoms in total. The second-order valence-corrected chi connectivity index (χ2v) is 13.9. The van der Waals surface area contributed by atoms with Crippen molar-refractivity contribution in [3.05, 3.63) is 57.6 Å². The van der Waals surface area contributed by atoms with Crippen LogP contribution in [0.5, 0.6) is 0 Å². The molecule has 0 aliphatic rings. The van der Waals surface area contributed by atoms with Crippen molar-refractivity contribution in [3.8, 4) is 11.4 Å². The molecule has 0 fully saturated rings. The predicted octanol–water partition coefficient (Wildman–Crippen LogP) is 5.64. The summed E-state index contributed by atoms with van der Waals surface area (Å²) < 4.78 is 4.26. The van der Waals surface area contributed by atoms with Gasteiger partial charge < -0.3 is 0 Å². The Bertz CT molecular complexity index is 671. The molecular formula is C15H18Cl2MoN4O2. The average molecular weight is 453 g/mol. The molecule has 0 saturated carbocycles. The summed E-state index contributed by atoms with van der Waals surface area (Å²) in [5.74, 6) is 0.449. The van der Waals surface area contributed by atoms with E-state index in [4.69, 9.17) is 18.8 Å². The van der Waals surface area contributed by atoms with Gasteiger partial charge >= 0.3 is 50.6 Å². The van der Waals surface area contributed by atoms with Gasteiger partial charge in [0.05, 0.1) is 11.4 Å². The molecule has 2 aromatic rings. The fourth-order valence-electron chi connectivity index (χ4n) is 1.71. The molecule has 2 aromatic heterocycles. The summed E-state index contributed by atoms with van der Waals surface area (Å²) in [7, 11) is 9.80. The van der Waals surface area contributed by atoms with Crippen molar-refractivity contribution in [1.29, 1.82) is 0 Å². The van der Waals surface area contributed by atoms with Gasteiger partial charge in [0, 0.05) is 11.9 Å². The standard InChI is InChI=1S/C15H18N2.2ClH.Mo.2NO/c1-4-12-8-9-14(16-10-12)15-7-5-6-13(17-15)11(2)3;;;;2*1-2/h5-11H,4H2,1-3H3;2*1H;;;/q;;;+4;2*-1/p-2. The number of aromatic nitrogens is 2. The summed E-state index contributed by atoms with van der Waals surface area (Å²) >= 11 is -4.02. The van der Waals surface area contributed by atoms with Crippen molar-refractivity contribution >= 4 is 18.8 Å². The number of aryl methyl sites for hydroxylation is 1. The zero-order chi connectivity index (χ0) is 18.2. The van der Waals surface area contributed by atoms with Gasteiger partial charge in [-0.15, -0.1) is 0 Å². The Balaban J connectivity index is 0.000000351. The minimum absolute atomic E-state index is 0.449. The van der Waals surface area contributed by atoms with Crippen LogP contribution in [0.2, 0.25) is 0 Å². The van der Waals surface area contributed by atoms with Crippen molar-refractivity contribution in [2.24, 2.45) is 7.47 Å². The van der Waals surface area contributed by atoms with Gasteiger partial charge in [-0.2, -0.15) is 0 Å². The van der Waals surface area contributed by atoms with Gasteiger partial charge in [0.1, 0.15) is 0 Å². The average Bonchev–Trinajstić information content (AvgIpc) is 2.62. The van der Waals surface area contributed by atoms with Gasteiger partial charge in [-0.05, 0) is 36.1 Å². The molecule has 2 rings (SSSR count). The van der Waals surface area contributed by atoms with E-state index in [0.717, 1.165) is 23.5 Å². The number of nitroso groups, excluding NO2 is 2. The fourth-order valence-corrected chi connectivity index (χ4v) is 1.78. The Labute approximate surface area is 152 Å². The van der Waals surface area contributed by atoms with Crippen molar-refractivity contribution in [2.75, 3.05) is 0 Å². The van der Waals surface area contributed by atoms with Crippen LogP contribution in [-0.4, -0.2) is 9.97 Å². The van der Waals surface area contributed by atoms with E-state index in [1.165, 1.54) is 5.56 Å². The van der Waals surface area contributed by atoms with Crippen LogP contribution >= 0.6 is 18.8 Å². The van der Waals surface area contributed by atoms with Crippen LogP contribution in [0.3, 0.4) is 0 Å². The molecule has 9 heteroatoms. The minimum atomic E-state index is -4.02. The van der Waals surface area contributed by atoms with Gasteiger partial charge in [0.2, 0.25) is 0 Å². The molecule has 130 valence electrons. The number of halogens is 2. The zero-order valence-electron chi connectivity index (χ0n) is 13.5. The molecule has 0 aliphatic heterocycles. The first-order valence-corrected chi connectivity index (χ1v) is 14.1. The Kier molecular flexibility index (Phi) is 8.60. The van der Waals surface area contributed by atoms with Crippen molar-refractivity contribution in [1.82, 2.24) is 9.97 Å². The van der Waals surface area contributed by atoms with Crippen LogP contribution in [0.1, 0.15) is 37.9 Å². The maximum absolute atomic E-state index is 9.33. The number of nitrogens with zero attached hydrogens (tertiary/aromatic N) is 4. The van der Waals surface area contributed by atoms with Gasteiger partial charge in [-0.25, -0.2) is 0 Å². The molecule has 0 unspecified atom stereocenters. The maximum atomic E-state index is 9.33. The molecule has 0 N–H and O–H groups in total. The van der Waals surface area contributed by atoms with Crippen LogP contribution < -0.4 is 0 Å². The predicted molar refractivity (Wildman–Crippen MR) is 94.2 cm³/mol. The van der Waals surface area contributed by atoms with Gasteiger partial charge in [0.15, 0.2) is 0 Å². The number of pyridine rings is 2.